The first kappa shape index (κ1) is 23.1. The minimum atomic E-state index is -0.227. The number of amides is 2. The summed E-state index contributed by atoms with van der Waals surface area (Å²) in [5, 5.41) is 2.86. The number of pyridine rings is 1. The predicted octanol–water partition coefficient (Wildman–Crippen LogP) is 3.46. The van der Waals surface area contributed by atoms with Crippen LogP contribution in [0.2, 0.25) is 0 Å². The Hall–Kier alpha value is -4.07. The minimum absolute atomic E-state index is 0.0192. The van der Waals surface area contributed by atoms with Crippen LogP contribution in [-0.4, -0.2) is 61.6 Å². The lowest BCUT2D eigenvalue weighted by molar-refractivity contribution is -0.133. The summed E-state index contributed by atoms with van der Waals surface area (Å²) >= 11 is 0. The highest BCUT2D eigenvalue weighted by Gasteiger charge is 2.20. The van der Waals surface area contributed by atoms with Gasteiger partial charge in [-0.15, -0.1) is 0 Å². The van der Waals surface area contributed by atoms with Crippen molar-refractivity contribution in [3.05, 3.63) is 78.5 Å². The minimum Gasteiger partial charge on any atom is -0.497 e. The number of aromatic nitrogens is 1. The number of rotatable bonds is 7. The van der Waals surface area contributed by atoms with Gasteiger partial charge in [0.05, 0.1) is 19.0 Å². The third-order valence-electron chi connectivity index (χ3n) is 5.62. The second-order valence-corrected chi connectivity index (χ2v) is 7.91. The fourth-order valence-electron chi connectivity index (χ4n) is 3.76. The van der Waals surface area contributed by atoms with Crippen molar-refractivity contribution in [2.45, 2.75) is 6.42 Å². The summed E-state index contributed by atoms with van der Waals surface area (Å²) in [5.41, 5.74) is 1.12. The van der Waals surface area contributed by atoms with Gasteiger partial charge in [-0.2, -0.15) is 0 Å². The molecular weight excluding hydrogens is 432 g/mol. The van der Waals surface area contributed by atoms with E-state index in [1.807, 2.05) is 47.4 Å². The third kappa shape index (κ3) is 6.04. The molecule has 0 bridgehead atoms. The van der Waals surface area contributed by atoms with E-state index in [-0.39, 0.29) is 18.4 Å². The van der Waals surface area contributed by atoms with Crippen LogP contribution in [0.3, 0.4) is 0 Å². The van der Waals surface area contributed by atoms with Gasteiger partial charge in [-0.1, -0.05) is 24.3 Å². The SMILES string of the molecule is COc1cccc(C(=O)Nc2ccc(N3CCCN(C(=O)COc4ccccc4)CC3)nc2)c1. The second-order valence-electron chi connectivity index (χ2n) is 7.91. The van der Waals surface area contributed by atoms with Crippen molar-refractivity contribution in [1.29, 1.82) is 0 Å². The van der Waals surface area contributed by atoms with Gasteiger partial charge in [0, 0.05) is 31.7 Å². The topological polar surface area (TPSA) is 84.0 Å². The normalized spacial score (nSPS) is 13.7. The summed E-state index contributed by atoms with van der Waals surface area (Å²) in [6.07, 6.45) is 2.49. The van der Waals surface area contributed by atoms with E-state index in [0.717, 1.165) is 18.8 Å². The zero-order valence-corrected chi connectivity index (χ0v) is 19.1. The van der Waals surface area contributed by atoms with Crippen LogP contribution in [0.4, 0.5) is 11.5 Å². The molecule has 3 aromatic rings. The van der Waals surface area contributed by atoms with Crippen molar-refractivity contribution in [3.63, 3.8) is 0 Å². The summed E-state index contributed by atoms with van der Waals surface area (Å²) in [4.78, 5) is 33.6. The van der Waals surface area contributed by atoms with Gasteiger partial charge in [0.15, 0.2) is 6.61 Å². The zero-order chi connectivity index (χ0) is 23.8. The Labute approximate surface area is 199 Å². The summed E-state index contributed by atoms with van der Waals surface area (Å²) in [5.74, 6) is 1.88. The number of benzene rings is 2. The first-order chi connectivity index (χ1) is 16.6. The van der Waals surface area contributed by atoms with E-state index in [1.165, 1.54) is 0 Å². The van der Waals surface area contributed by atoms with E-state index >= 15 is 0 Å². The third-order valence-corrected chi connectivity index (χ3v) is 5.62. The van der Waals surface area contributed by atoms with Crippen LogP contribution >= 0.6 is 0 Å². The molecule has 34 heavy (non-hydrogen) atoms. The first-order valence-corrected chi connectivity index (χ1v) is 11.2. The van der Waals surface area contributed by atoms with Crippen LogP contribution in [-0.2, 0) is 4.79 Å². The van der Waals surface area contributed by atoms with Crippen molar-refractivity contribution >= 4 is 23.3 Å². The van der Waals surface area contributed by atoms with Crippen LogP contribution in [0.1, 0.15) is 16.8 Å². The van der Waals surface area contributed by atoms with Crippen molar-refractivity contribution in [1.82, 2.24) is 9.88 Å². The van der Waals surface area contributed by atoms with Gasteiger partial charge in [0.2, 0.25) is 0 Å². The van der Waals surface area contributed by atoms with Crippen molar-refractivity contribution < 1.29 is 19.1 Å². The van der Waals surface area contributed by atoms with Gasteiger partial charge < -0.3 is 24.6 Å². The number of hydrogen-bond donors (Lipinski definition) is 1. The van der Waals surface area contributed by atoms with Crippen LogP contribution < -0.4 is 19.7 Å². The van der Waals surface area contributed by atoms with Crippen LogP contribution in [0.5, 0.6) is 11.5 Å². The van der Waals surface area contributed by atoms with Crippen molar-refractivity contribution in [2.75, 3.05) is 50.1 Å². The Morgan fingerprint density at radius 2 is 1.76 bits per heavy atom. The maximum atomic E-state index is 12.6. The first-order valence-electron chi connectivity index (χ1n) is 11.2. The fraction of sp³-hybridized carbons (Fsp3) is 0.269. The highest BCUT2D eigenvalue weighted by molar-refractivity contribution is 6.04. The van der Waals surface area contributed by atoms with E-state index in [1.54, 1.807) is 37.6 Å². The number of carbonyl (C=O) groups excluding carboxylic acids is 2. The largest absolute Gasteiger partial charge is 0.497 e. The number of anilines is 2. The van der Waals surface area contributed by atoms with Gasteiger partial charge in [-0.25, -0.2) is 4.98 Å². The molecule has 2 aromatic carbocycles. The molecule has 0 atom stereocenters. The molecule has 1 aromatic heterocycles. The molecule has 0 saturated carbocycles. The number of hydrogen-bond acceptors (Lipinski definition) is 6. The zero-order valence-electron chi connectivity index (χ0n) is 19.1. The molecular formula is C26H28N4O4. The number of methoxy groups -OCH3 is 1. The average molecular weight is 461 g/mol. The molecule has 4 rings (SSSR count). The highest BCUT2D eigenvalue weighted by Crippen LogP contribution is 2.19. The number of carbonyl (C=O) groups is 2. The molecule has 1 saturated heterocycles. The number of para-hydroxylation sites is 1. The molecule has 1 fully saturated rings. The molecule has 0 unspecified atom stereocenters. The van der Waals surface area contributed by atoms with E-state index in [2.05, 4.69) is 15.2 Å². The summed E-state index contributed by atoms with van der Waals surface area (Å²) in [7, 11) is 1.57. The number of nitrogens with one attached hydrogen (secondary N) is 1. The van der Waals surface area contributed by atoms with Gasteiger partial charge >= 0.3 is 0 Å². The van der Waals surface area contributed by atoms with Gasteiger partial charge in [-0.05, 0) is 48.9 Å². The molecule has 0 spiro atoms. The number of nitrogens with zero attached hydrogens (tertiary/aromatic N) is 3. The smallest absolute Gasteiger partial charge is 0.260 e. The maximum Gasteiger partial charge on any atom is 0.260 e. The van der Waals surface area contributed by atoms with Gasteiger partial charge in [0.1, 0.15) is 17.3 Å². The number of ether oxygens (including phenoxy) is 2. The molecule has 1 N–H and O–H groups in total. The Balaban J connectivity index is 1.29. The van der Waals surface area contributed by atoms with Crippen LogP contribution in [0, 0.1) is 0 Å². The lowest BCUT2D eigenvalue weighted by atomic mass is 10.2. The lowest BCUT2D eigenvalue weighted by Crippen LogP contribution is -2.38. The quantitative estimate of drug-likeness (QED) is 0.581. The Morgan fingerprint density at radius 1 is 0.941 bits per heavy atom. The maximum absolute atomic E-state index is 12.6. The average Bonchev–Trinajstić information content (AvgIpc) is 3.15. The van der Waals surface area contributed by atoms with Crippen LogP contribution in [0.25, 0.3) is 0 Å². The molecule has 2 heterocycles. The Kier molecular flexibility index (Phi) is 7.60. The molecule has 1 aliphatic heterocycles. The fourth-order valence-corrected chi connectivity index (χ4v) is 3.76. The molecule has 8 nitrogen and oxygen atoms in total. The van der Waals surface area contributed by atoms with E-state index in [0.29, 0.717) is 42.4 Å². The summed E-state index contributed by atoms with van der Waals surface area (Å²) in [6, 6.07) is 20.1. The van der Waals surface area contributed by atoms with E-state index < -0.39 is 0 Å². The van der Waals surface area contributed by atoms with Gasteiger partial charge in [-0.3, -0.25) is 9.59 Å². The molecule has 0 radical (unpaired) electrons. The highest BCUT2D eigenvalue weighted by atomic mass is 16.5. The molecule has 8 heteroatoms. The summed E-state index contributed by atoms with van der Waals surface area (Å²) in [6.45, 7) is 2.80. The Bertz CT molecular complexity index is 1110. The van der Waals surface area contributed by atoms with E-state index in [4.69, 9.17) is 9.47 Å². The Morgan fingerprint density at radius 3 is 2.53 bits per heavy atom. The second kappa shape index (κ2) is 11.2. The van der Waals surface area contributed by atoms with E-state index in [9.17, 15) is 9.59 Å². The monoisotopic (exact) mass is 460 g/mol. The predicted molar refractivity (Wildman–Crippen MR) is 131 cm³/mol. The van der Waals surface area contributed by atoms with Gasteiger partial charge in [0.25, 0.3) is 11.8 Å². The summed E-state index contributed by atoms with van der Waals surface area (Å²) < 4.78 is 10.8. The molecule has 2 amide bonds. The lowest BCUT2D eigenvalue weighted by Gasteiger charge is -2.23. The molecule has 176 valence electrons. The standard InChI is InChI=1S/C26H28N4O4/c1-33-23-10-5-7-20(17-23)26(32)28-21-11-12-24(27-18-21)29-13-6-14-30(16-15-29)25(31)19-34-22-8-3-2-4-9-22/h2-5,7-12,17-18H,6,13-16,19H2,1H3,(H,28,32). The van der Waals surface area contributed by atoms with Crippen molar-refractivity contribution in [2.24, 2.45) is 0 Å². The molecule has 1 aliphatic rings. The van der Waals surface area contributed by atoms with Crippen LogP contribution in [0.15, 0.2) is 72.9 Å². The molecule has 0 aliphatic carbocycles. The van der Waals surface area contributed by atoms with Crippen molar-refractivity contribution in [3.8, 4) is 11.5 Å².